The quantitative estimate of drug-likeness (QED) is 0.854. The topological polar surface area (TPSA) is 93.7 Å². The number of hydrogen-bond acceptors (Lipinski definition) is 5. The van der Waals surface area contributed by atoms with Gasteiger partial charge in [0.25, 0.3) is 10.0 Å². The fourth-order valence-corrected chi connectivity index (χ4v) is 3.56. The highest BCUT2D eigenvalue weighted by molar-refractivity contribution is 7.90. The minimum atomic E-state index is -3.97. The normalized spacial score (nSPS) is 15.7. The fourth-order valence-electron chi connectivity index (χ4n) is 2.63. The van der Waals surface area contributed by atoms with E-state index >= 15 is 0 Å². The van der Waals surface area contributed by atoms with Gasteiger partial charge in [-0.15, -0.1) is 0 Å². The van der Waals surface area contributed by atoms with Gasteiger partial charge in [-0.1, -0.05) is 19.3 Å². The number of urea groups is 1. The summed E-state index contributed by atoms with van der Waals surface area (Å²) in [7, 11) is -1.09. The van der Waals surface area contributed by atoms with E-state index in [0.29, 0.717) is 5.75 Å². The lowest BCUT2D eigenvalue weighted by molar-refractivity contribution is 0.237. The van der Waals surface area contributed by atoms with Crippen molar-refractivity contribution in [3.05, 3.63) is 18.2 Å². The molecule has 128 valence electrons. The number of amides is 2. The van der Waals surface area contributed by atoms with Crippen LogP contribution in [0.15, 0.2) is 23.1 Å². The first-order chi connectivity index (χ1) is 11.0. The van der Waals surface area contributed by atoms with Crippen molar-refractivity contribution in [2.24, 2.45) is 0 Å². The van der Waals surface area contributed by atoms with Gasteiger partial charge in [-0.25, -0.2) is 17.9 Å². The number of rotatable bonds is 5. The number of benzene rings is 1. The molecule has 1 aliphatic carbocycles. The fraction of sp³-hybridized carbons (Fsp3) is 0.533. The van der Waals surface area contributed by atoms with Crippen LogP contribution in [0.3, 0.4) is 0 Å². The Labute approximate surface area is 136 Å². The van der Waals surface area contributed by atoms with E-state index in [1.807, 2.05) is 4.72 Å². The third-order valence-electron chi connectivity index (χ3n) is 3.83. The van der Waals surface area contributed by atoms with E-state index < -0.39 is 16.1 Å². The molecule has 0 bridgehead atoms. The molecule has 2 rings (SSSR count). The standard InChI is InChI=1S/C15H22N2O5S/c1-21-13-9-8-12(10-14(13)22-2)23(19,20)17-15(18)16-11-6-4-3-5-7-11/h8-11H,3-7H2,1-2H3,(H2,16,17,18). The van der Waals surface area contributed by atoms with Gasteiger partial charge in [0.1, 0.15) is 0 Å². The lowest BCUT2D eigenvalue weighted by Gasteiger charge is -2.22. The maximum atomic E-state index is 12.3. The highest BCUT2D eigenvalue weighted by Gasteiger charge is 2.22. The lowest BCUT2D eigenvalue weighted by Crippen LogP contribution is -2.45. The molecule has 0 spiro atoms. The molecule has 1 aromatic carbocycles. The van der Waals surface area contributed by atoms with E-state index in [1.54, 1.807) is 0 Å². The molecule has 0 aromatic heterocycles. The highest BCUT2D eigenvalue weighted by atomic mass is 32.2. The summed E-state index contributed by atoms with van der Waals surface area (Å²) in [6.45, 7) is 0. The second-order valence-electron chi connectivity index (χ2n) is 5.43. The lowest BCUT2D eigenvalue weighted by atomic mass is 9.96. The van der Waals surface area contributed by atoms with Crippen molar-refractivity contribution in [1.29, 1.82) is 0 Å². The predicted molar refractivity (Wildman–Crippen MR) is 85.3 cm³/mol. The van der Waals surface area contributed by atoms with Gasteiger partial charge in [0.05, 0.1) is 19.1 Å². The molecule has 1 fully saturated rings. The van der Waals surface area contributed by atoms with Crippen molar-refractivity contribution < 1.29 is 22.7 Å². The van der Waals surface area contributed by atoms with Crippen molar-refractivity contribution >= 4 is 16.1 Å². The summed E-state index contributed by atoms with van der Waals surface area (Å²) >= 11 is 0. The summed E-state index contributed by atoms with van der Waals surface area (Å²) in [6.07, 6.45) is 5.01. The van der Waals surface area contributed by atoms with Gasteiger partial charge in [-0.05, 0) is 25.0 Å². The SMILES string of the molecule is COc1ccc(S(=O)(=O)NC(=O)NC2CCCCC2)cc1OC. The summed E-state index contributed by atoms with van der Waals surface area (Å²) < 4.78 is 36.7. The maximum absolute atomic E-state index is 12.3. The predicted octanol–water partition coefficient (Wildman–Crippen LogP) is 2.02. The Morgan fingerprint density at radius 2 is 1.74 bits per heavy atom. The Morgan fingerprint density at radius 1 is 1.09 bits per heavy atom. The Balaban J connectivity index is 2.07. The molecule has 0 aliphatic heterocycles. The largest absolute Gasteiger partial charge is 0.493 e. The zero-order valence-electron chi connectivity index (χ0n) is 13.3. The third-order valence-corrected chi connectivity index (χ3v) is 5.16. The number of methoxy groups -OCH3 is 2. The number of carbonyl (C=O) groups is 1. The Morgan fingerprint density at radius 3 is 2.35 bits per heavy atom. The summed E-state index contributed by atoms with van der Waals surface area (Å²) in [6, 6.07) is 3.48. The smallest absolute Gasteiger partial charge is 0.328 e. The van der Waals surface area contributed by atoms with Crippen LogP contribution >= 0.6 is 0 Å². The Bertz CT molecular complexity index is 654. The van der Waals surface area contributed by atoms with E-state index in [0.717, 1.165) is 32.1 Å². The molecule has 0 unspecified atom stereocenters. The molecule has 2 amide bonds. The molecule has 2 N–H and O–H groups in total. The van der Waals surface area contributed by atoms with Crippen LogP contribution in [0, 0.1) is 0 Å². The number of ether oxygens (including phenoxy) is 2. The minimum absolute atomic E-state index is 0.0318. The van der Waals surface area contributed by atoms with Gasteiger partial charge in [-0.3, -0.25) is 0 Å². The van der Waals surface area contributed by atoms with Crippen LogP contribution in [-0.2, 0) is 10.0 Å². The molecule has 1 aromatic rings. The first kappa shape index (κ1) is 17.4. The minimum Gasteiger partial charge on any atom is -0.493 e. The average Bonchev–Trinajstić information content (AvgIpc) is 2.54. The number of carbonyl (C=O) groups excluding carboxylic acids is 1. The molecule has 8 heteroatoms. The zero-order valence-corrected chi connectivity index (χ0v) is 14.1. The van der Waals surface area contributed by atoms with Crippen LogP contribution in [-0.4, -0.2) is 34.7 Å². The average molecular weight is 342 g/mol. The van der Waals surface area contributed by atoms with Gasteiger partial charge in [0.15, 0.2) is 11.5 Å². The zero-order chi connectivity index (χ0) is 16.9. The molecule has 0 saturated heterocycles. The molecule has 1 aliphatic rings. The van der Waals surface area contributed by atoms with E-state index in [1.165, 1.54) is 32.4 Å². The number of hydrogen-bond donors (Lipinski definition) is 2. The molecule has 1 saturated carbocycles. The van der Waals surface area contributed by atoms with Crippen LogP contribution in [0.2, 0.25) is 0 Å². The Kier molecular flexibility index (Phi) is 5.70. The van der Waals surface area contributed by atoms with Gasteiger partial charge in [0.2, 0.25) is 0 Å². The van der Waals surface area contributed by atoms with E-state index in [4.69, 9.17) is 9.47 Å². The summed E-state index contributed by atoms with van der Waals surface area (Å²) in [5.41, 5.74) is 0. The molecule has 0 radical (unpaired) electrons. The van der Waals surface area contributed by atoms with Crippen LogP contribution in [0.4, 0.5) is 4.79 Å². The van der Waals surface area contributed by atoms with E-state index in [9.17, 15) is 13.2 Å². The first-order valence-corrected chi connectivity index (χ1v) is 9.00. The van der Waals surface area contributed by atoms with Crippen molar-refractivity contribution in [1.82, 2.24) is 10.0 Å². The number of sulfonamides is 1. The molecule has 23 heavy (non-hydrogen) atoms. The monoisotopic (exact) mass is 342 g/mol. The second-order valence-corrected chi connectivity index (χ2v) is 7.11. The summed E-state index contributed by atoms with van der Waals surface area (Å²) in [4.78, 5) is 11.9. The highest BCUT2D eigenvalue weighted by Crippen LogP contribution is 2.29. The summed E-state index contributed by atoms with van der Waals surface area (Å²) in [5.74, 6) is 0.696. The summed E-state index contributed by atoms with van der Waals surface area (Å²) in [5, 5.41) is 2.71. The number of nitrogens with one attached hydrogen (secondary N) is 2. The molecular weight excluding hydrogens is 320 g/mol. The molecule has 7 nitrogen and oxygen atoms in total. The first-order valence-electron chi connectivity index (χ1n) is 7.51. The van der Waals surface area contributed by atoms with Gasteiger partial charge >= 0.3 is 6.03 Å². The van der Waals surface area contributed by atoms with E-state index in [-0.39, 0.29) is 16.7 Å². The second kappa shape index (κ2) is 7.54. The van der Waals surface area contributed by atoms with Crippen molar-refractivity contribution in [3.8, 4) is 11.5 Å². The van der Waals surface area contributed by atoms with E-state index in [2.05, 4.69) is 5.32 Å². The van der Waals surface area contributed by atoms with Crippen LogP contribution < -0.4 is 19.5 Å². The van der Waals surface area contributed by atoms with Gasteiger partial charge in [-0.2, -0.15) is 0 Å². The van der Waals surface area contributed by atoms with Crippen molar-refractivity contribution in [3.63, 3.8) is 0 Å². The van der Waals surface area contributed by atoms with Crippen molar-refractivity contribution in [2.75, 3.05) is 14.2 Å². The Hall–Kier alpha value is -1.96. The maximum Gasteiger partial charge on any atom is 0.328 e. The third kappa shape index (κ3) is 4.51. The van der Waals surface area contributed by atoms with Crippen LogP contribution in [0.5, 0.6) is 11.5 Å². The van der Waals surface area contributed by atoms with Gasteiger partial charge < -0.3 is 14.8 Å². The molecular formula is C15H22N2O5S. The van der Waals surface area contributed by atoms with Crippen molar-refractivity contribution in [2.45, 2.75) is 43.0 Å². The van der Waals surface area contributed by atoms with Crippen LogP contribution in [0.1, 0.15) is 32.1 Å². The molecule has 0 heterocycles. The van der Waals surface area contributed by atoms with Gasteiger partial charge in [0, 0.05) is 12.1 Å². The molecule has 0 atom stereocenters. The van der Waals surface area contributed by atoms with Crippen LogP contribution in [0.25, 0.3) is 0 Å².